The van der Waals surface area contributed by atoms with Crippen molar-refractivity contribution in [1.82, 2.24) is 0 Å². The normalized spacial score (nSPS) is 12.9. The van der Waals surface area contributed by atoms with E-state index in [-0.39, 0.29) is 12.1 Å². The van der Waals surface area contributed by atoms with E-state index in [0.29, 0.717) is 12.8 Å². The second-order valence-electron chi connectivity index (χ2n) is 12.4. The summed E-state index contributed by atoms with van der Waals surface area (Å²) in [7, 11) is 0. The van der Waals surface area contributed by atoms with E-state index in [1.807, 2.05) is 0 Å². The summed E-state index contributed by atoms with van der Waals surface area (Å²) in [5.74, 6) is -0.690. The van der Waals surface area contributed by atoms with E-state index in [0.717, 1.165) is 96.3 Å². The number of ether oxygens (including phenoxy) is 1. The van der Waals surface area contributed by atoms with Gasteiger partial charge in [0.2, 0.25) is 0 Å². The van der Waals surface area contributed by atoms with Gasteiger partial charge in [-0.05, 0) is 83.5 Å². The summed E-state index contributed by atoms with van der Waals surface area (Å²) >= 11 is 0. The van der Waals surface area contributed by atoms with E-state index in [2.05, 4.69) is 74.6 Å². The highest BCUT2D eigenvalue weighted by molar-refractivity contribution is 5.69. The number of unbranched alkanes of at least 4 members (excludes halogenated alkanes) is 14. The third-order valence-corrected chi connectivity index (χ3v) is 8.00. The van der Waals surface area contributed by atoms with Crippen molar-refractivity contribution in [2.75, 3.05) is 0 Å². The predicted molar refractivity (Wildman–Crippen MR) is 195 cm³/mol. The van der Waals surface area contributed by atoms with Crippen LogP contribution >= 0.6 is 0 Å². The molecule has 0 aliphatic carbocycles. The van der Waals surface area contributed by atoms with Gasteiger partial charge in [-0.3, -0.25) is 9.59 Å². The third-order valence-electron chi connectivity index (χ3n) is 8.00. The van der Waals surface area contributed by atoms with Crippen molar-refractivity contribution < 1.29 is 19.4 Å². The summed E-state index contributed by atoms with van der Waals surface area (Å²) in [4.78, 5) is 23.1. The van der Waals surface area contributed by atoms with E-state index >= 15 is 0 Å². The van der Waals surface area contributed by atoms with Gasteiger partial charge in [-0.15, -0.1) is 0 Å². The molecule has 0 saturated heterocycles. The lowest BCUT2D eigenvalue weighted by Crippen LogP contribution is -2.18. The van der Waals surface area contributed by atoms with Crippen molar-refractivity contribution in [3.05, 3.63) is 60.8 Å². The van der Waals surface area contributed by atoms with Gasteiger partial charge in [0.25, 0.3) is 0 Å². The molecule has 0 rings (SSSR count). The highest BCUT2D eigenvalue weighted by Crippen LogP contribution is 2.18. The summed E-state index contributed by atoms with van der Waals surface area (Å²) in [6, 6.07) is 0. The van der Waals surface area contributed by atoms with Crippen molar-refractivity contribution in [2.24, 2.45) is 0 Å². The van der Waals surface area contributed by atoms with Crippen molar-refractivity contribution >= 4 is 11.9 Å². The van der Waals surface area contributed by atoms with E-state index in [4.69, 9.17) is 9.84 Å². The number of esters is 1. The summed E-state index contributed by atoms with van der Waals surface area (Å²) in [5, 5.41) is 8.70. The minimum atomic E-state index is -0.687. The molecule has 0 bridgehead atoms. The van der Waals surface area contributed by atoms with Gasteiger partial charge in [-0.2, -0.15) is 0 Å². The molecule has 0 aromatic carbocycles. The third kappa shape index (κ3) is 36.0. The molecular weight excluding hydrogens is 556 g/mol. The SMILES string of the molecule is CC/C=C\C/C=C\C/C=C\C/C=C\C/C=C\CCCCCCCC(=O)OC(CCCCC)CCCCCCCCCCC(=O)O. The fourth-order valence-electron chi connectivity index (χ4n) is 5.27. The number of hydrogen-bond acceptors (Lipinski definition) is 3. The molecule has 0 radical (unpaired) electrons. The van der Waals surface area contributed by atoms with Crippen LogP contribution in [0, 0.1) is 0 Å². The van der Waals surface area contributed by atoms with Crippen LogP contribution in [0.1, 0.15) is 181 Å². The smallest absolute Gasteiger partial charge is 0.306 e. The lowest BCUT2D eigenvalue weighted by molar-refractivity contribution is -0.150. The van der Waals surface area contributed by atoms with Gasteiger partial charge in [0, 0.05) is 12.8 Å². The van der Waals surface area contributed by atoms with Gasteiger partial charge >= 0.3 is 11.9 Å². The highest BCUT2D eigenvalue weighted by Gasteiger charge is 2.14. The lowest BCUT2D eigenvalue weighted by Gasteiger charge is -2.18. The first-order valence-corrected chi connectivity index (χ1v) is 18.8. The highest BCUT2D eigenvalue weighted by atomic mass is 16.5. The maximum atomic E-state index is 12.5. The molecule has 1 atom stereocenters. The number of rotatable bonds is 33. The molecule has 258 valence electrons. The van der Waals surface area contributed by atoms with Gasteiger partial charge in [0.15, 0.2) is 0 Å². The van der Waals surface area contributed by atoms with Crippen LogP contribution in [0.5, 0.6) is 0 Å². The van der Waals surface area contributed by atoms with E-state index in [9.17, 15) is 9.59 Å². The molecule has 0 aromatic heterocycles. The Balaban J connectivity index is 3.80. The Morgan fingerprint density at radius 2 is 0.933 bits per heavy atom. The van der Waals surface area contributed by atoms with Crippen LogP contribution in [-0.4, -0.2) is 23.1 Å². The molecule has 45 heavy (non-hydrogen) atoms. The zero-order chi connectivity index (χ0) is 32.9. The number of carboxylic acid groups (broad SMARTS) is 1. The number of carbonyl (C=O) groups is 2. The molecule has 4 heteroatoms. The Morgan fingerprint density at radius 1 is 0.511 bits per heavy atom. The largest absolute Gasteiger partial charge is 0.481 e. The molecule has 0 aromatic rings. The molecule has 0 aliphatic rings. The van der Waals surface area contributed by atoms with Crippen molar-refractivity contribution in [3.63, 3.8) is 0 Å². The molecular formula is C41H70O4. The van der Waals surface area contributed by atoms with Crippen LogP contribution in [-0.2, 0) is 14.3 Å². The van der Waals surface area contributed by atoms with Crippen LogP contribution in [0.2, 0.25) is 0 Å². The quantitative estimate of drug-likeness (QED) is 0.0447. The fraction of sp³-hybridized carbons (Fsp3) is 0.707. The maximum absolute atomic E-state index is 12.5. The summed E-state index contributed by atoms with van der Waals surface area (Å²) < 4.78 is 5.92. The van der Waals surface area contributed by atoms with Crippen LogP contribution < -0.4 is 0 Å². The average molecular weight is 627 g/mol. The van der Waals surface area contributed by atoms with Crippen LogP contribution in [0.15, 0.2) is 60.8 Å². The topological polar surface area (TPSA) is 63.6 Å². The van der Waals surface area contributed by atoms with Gasteiger partial charge in [-0.25, -0.2) is 0 Å². The van der Waals surface area contributed by atoms with Gasteiger partial charge in [0.05, 0.1) is 0 Å². The molecule has 1 N–H and O–H groups in total. The van der Waals surface area contributed by atoms with E-state index < -0.39 is 5.97 Å². The summed E-state index contributed by atoms with van der Waals surface area (Å²) in [6.45, 7) is 4.38. The zero-order valence-corrected chi connectivity index (χ0v) is 29.4. The molecule has 1 unspecified atom stereocenters. The monoisotopic (exact) mass is 627 g/mol. The van der Waals surface area contributed by atoms with Gasteiger partial charge in [-0.1, -0.05) is 145 Å². The molecule has 0 saturated carbocycles. The Kier molecular flexibility index (Phi) is 34.2. The molecule has 0 spiro atoms. The average Bonchev–Trinajstić information content (AvgIpc) is 3.02. The van der Waals surface area contributed by atoms with Crippen molar-refractivity contribution in [3.8, 4) is 0 Å². The zero-order valence-electron chi connectivity index (χ0n) is 29.4. The maximum Gasteiger partial charge on any atom is 0.306 e. The molecule has 0 aliphatic heterocycles. The second kappa shape index (κ2) is 36.1. The summed E-state index contributed by atoms with van der Waals surface area (Å²) in [6.07, 6.45) is 49.8. The fourth-order valence-corrected chi connectivity index (χ4v) is 5.27. The molecule has 0 heterocycles. The van der Waals surface area contributed by atoms with Crippen molar-refractivity contribution in [1.29, 1.82) is 0 Å². The second-order valence-corrected chi connectivity index (χ2v) is 12.4. The van der Waals surface area contributed by atoms with Gasteiger partial charge < -0.3 is 9.84 Å². The molecule has 0 amide bonds. The van der Waals surface area contributed by atoms with Crippen molar-refractivity contribution in [2.45, 2.75) is 187 Å². The lowest BCUT2D eigenvalue weighted by atomic mass is 10.0. The van der Waals surface area contributed by atoms with Crippen LogP contribution in [0.25, 0.3) is 0 Å². The Bertz CT molecular complexity index is 804. The minimum Gasteiger partial charge on any atom is -0.481 e. The van der Waals surface area contributed by atoms with E-state index in [1.165, 1.54) is 57.8 Å². The number of carbonyl (C=O) groups excluding carboxylic acids is 1. The first-order valence-electron chi connectivity index (χ1n) is 18.8. The molecule has 4 nitrogen and oxygen atoms in total. The molecule has 0 fully saturated rings. The Hall–Kier alpha value is -2.36. The minimum absolute atomic E-state index is 0.00311. The Morgan fingerprint density at radius 3 is 1.44 bits per heavy atom. The standard InChI is InChI=1S/C41H70O4/c1-3-5-7-8-9-10-11-12-13-14-15-16-17-18-19-20-21-22-27-30-34-38-41(44)45-39(35-31-6-4-2)36-32-28-25-23-24-26-29-33-37-40(42)43/h5,7,9-10,12-13,15-16,18-19,39H,3-4,6,8,11,14,17,20-38H2,1-2H3,(H,42,43)/b7-5-,10-9-,13-12-,16-15-,19-18-. The predicted octanol–water partition coefficient (Wildman–Crippen LogP) is 12.9. The Labute approximate surface area is 278 Å². The first-order chi connectivity index (χ1) is 22.1. The number of hydrogen-bond donors (Lipinski definition) is 1. The van der Waals surface area contributed by atoms with Crippen LogP contribution in [0.4, 0.5) is 0 Å². The summed E-state index contributed by atoms with van der Waals surface area (Å²) in [5.41, 5.74) is 0. The van der Waals surface area contributed by atoms with E-state index in [1.54, 1.807) is 0 Å². The van der Waals surface area contributed by atoms with Crippen LogP contribution in [0.3, 0.4) is 0 Å². The number of carboxylic acids is 1. The van der Waals surface area contributed by atoms with Gasteiger partial charge in [0.1, 0.15) is 6.10 Å². The number of allylic oxidation sites excluding steroid dienone is 10. The first kappa shape index (κ1) is 42.6. The number of aliphatic carboxylic acids is 1.